The van der Waals surface area contributed by atoms with E-state index in [2.05, 4.69) is 21.3 Å². The van der Waals surface area contributed by atoms with Crippen LogP contribution in [-0.2, 0) is 0 Å². The second kappa shape index (κ2) is 19.0. The number of nitrogens with zero attached hydrogens (tertiary/aromatic N) is 6. The molecule has 2 aromatic carbocycles. The first-order valence-electron chi connectivity index (χ1n) is 21.4. The summed E-state index contributed by atoms with van der Waals surface area (Å²) in [6.07, 6.45) is 4.38. The van der Waals surface area contributed by atoms with Gasteiger partial charge >= 0.3 is 25.2 Å². The zero-order valence-electron chi connectivity index (χ0n) is 36.1. The third kappa shape index (κ3) is 9.76. The van der Waals surface area contributed by atoms with Gasteiger partial charge in [-0.2, -0.15) is 17.6 Å². The van der Waals surface area contributed by atoms with E-state index in [1.54, 1.807) is 0 Å². The first-order chi connectivity index (χ1) is 32.8. The molecular weight excluding hydrogens is 931 g/mol. The second-order valence-corrected chi connectivity index (χ2v) is 16.4. The normalized spacial score (nSPS) is 16.2. The maximum Gasteiger partial charge on any atom is 0.387 e. The van der Waals surface area contributed by atoms with Crippen molar-refractivity contribution in [3.63, 3.8) is 0 Å². The van der Waals surface area contributed by atoms with Gasteiger partial charge in [-0.05, 0) is 37.8 Å². The molecule has 0 unspecified atom stereocenters. The Bertz CT molecular complexity index is 2720. The van der Waals surface area contributed by atoms with Crippen LogP contribution in [0.25, 0.3) is 21.8 Å². The molecule has 2 aromatic heterocycles. The van der Waals surface area contributed by atoms with E-state index in [1.807, 2.05) is 0 Å². The molecule has 4 aromatic rings. The third-order valence-electron chi connectivity index (χ3n) is 12.0. The molecule has 0 bridgehead atoms. The average molecular weight is 975 g/mol. The second-order valence-electron chi connectivity index (χ2n) is 16.4. The quantitative estimate of drug-likeness (QED) is 0.0423. The highest BCUT2D eigenvalue weighted by molar-refractivity contribution is 6.00. The molecule has 4 fully saturated rings. The number of carboxylic acids is 2. The lowest BCUT2D eigenvalue weighted by atomic mass is 10.1. The van der Waals surface area contributed by atoms with Crippen molar-refractivity contribution >= 4 is 69.0 Å². The maximum atomic E-state index is 15.8. The van der Waals surface area contributed by atoms with E-state index >= 15 is 8.78 Å². The van der Waals surface area contributed by atoms with E-state index in [9.17, 15) is 47.0 Å². The van der Waals surface area contributed by atoms with Gasteiger partial charge in [-0.3, -0.25) is 41.9 Å². The van der Waals surface area contributed by atoms with Crippen molar-refractivity contribution in [3.05, 3.63) is 67.7 Å². The van der Waals surface area contributed by atoms with Gasteiger partial charge in [-0.1, -0.05) is 0 Å². The van der Waals surface area contributed by atoms with Crippen LogP contribution in [0.3, 0.4) is 0 Å². The van der Waals surface area contributed by atoms with Crippen LogP contribution in [0.2, 0.25) is 0 Å². The zero-order valence-corrected chi connectivity index (χ0v) is 36.1. The number of halogens is 6. The molecule has 2 aliphatic carbocycles. The molecule has 0 radical (unpaired) electrons. The summed E-state index contributed by atoms with van der Waals surface area (Å²) in [6, 6.07) is 0.997. The lowest BCUT2D eigenvalue weighted by Gasteiger charge is -2.38. The Labute approximate surface area is 385 Å². The third-order valence-corrected chi connectivity index (χ3v) is 12.0. The molecule has 22 nitrogen and oxygen atoms in total. The number of nitrogens with one attached hydrogen (secondary N) is 8. The number of benzene rings is 2. The number of aromatic nitrogens is 2. The fourth-order valence-corrected chi connectivity index (χ4v) is 8.47. The van der Waals surface area contributed by atoms with Gasteiger partial charge in [0.2, 0.25) is 10.9 Å². The van der Waals surface area contributed by atoms with Crippen LogP contribution in [0.1, 0.15) is 58.5 Å². The number of rotatable bonds is 12. The summed E-state index contributed by atoms with van der Waals surface area (Å²) in [7, 11) is 0. The van der Waals surface area contributed by atoms with Crippen LogP contribution in [0.4, 0.5) is 37.7 Å². The predicted octanol–water partition coefficient (Wildman–Crippen LogP) is 2.86. The van der Waals surface area contributed by atoms with Crippen LogP contribution >= 0.6 is 0 Å². The number of hydrogen-bond donors (Lipinski definition) is 10. The van der Waals surface area contributed by atoms with Crippen molar-refractivity contribution < 1.29 is 55.6 Å². The number of hydrogen-bond acceptors (Lipinski definition) is 12. The summed E-state index contributed by atoms with van der Waals surface area (Å²) in [5.74, 6) is -7.79. The lowest BCUT2D eigenvalue weighted by molar-refractivity contribution is -0.0495. The van der Waals surface area contributed by atoms with E-state index < -0.39 is 81.1 Å². The van der Waals surface area contributed by atoms with Gasteiger partial charge in [0, 0.05) is 76.8 Å². The summed E-state index contributed by atoms with van der Waals surface area (Å²) in [5.41, 5.74) is -4.44. The van der Waals surface area contributed by atoms with Gasteiger partial charge in [0.1, 0.15) is 22.5 Å². The topological polar surface area (TPSA) is 294 Å². The summed E-state index contributed by atoms with van der Waals surface area (Å²) in [5, 5.41) is 62.1. The number of aromatic carboxylic acids is 2. The van der Waals surface area contributed by atoms with Crippen LogP contribution < -0.4 is 51.4 Å². The Kier molecular flexibility index (Phi) is 13.1. The van der Waals surface area contributed by atoms with Crippen LogP contribution in [-0.4, -0.2) is 137 Å². The highest BCUT2D eigenvalue weighted by Crippen LogP contribution is 2.46. The Balaban J connectivity index is 0.830. The number of alkyl halides is 4. The largest absolute Gasteiger partial charge is 0.477 e. The molecule has 368 valence electrons. The number of ether oxygens (including phenoxy) is 2. The minimum atomic E-state index is -3.42. The maximum absolute atomic E-state index is 15.8. The predicted molar refractivity (Wildman–Crippen MR) is 236 cm³/mol. The minimum absolute atomic E-state index is 0.0197. The zero-order chi connectivity index (χ0) is 49.6. The summed E-state index contributed by atoms with van der Waals surface area (Å²) >= 11 is 0. The van der Waals surface area contributed by atoms with E-state index in [-0.39, 0.29) is 117 Å². The first-order valence-corrected chi connectivity index (χ1v) is 21.4. The number of piperazine rings is 2. The molecule has 8 rings (SSSR count). The molecule has 0 atom stereocenters. The van der Waals surface area contributed by atoms with Crippen LogP contribution in [0.5, 0.6) is 11.5 Å². The van der Waals surface area contributed by atoms with Crippen molar-refractivity contribution in [2.45, 2.75) is 51.0 Å². The summed E-state index contributed by atoms with van der Waals surface area (Å²) in [4.78, 5) is 55.5. The Hall–Kier alpha value is -7.94. The molecule has 10 N–H and O–H groups in total. The number of carboxylic acid groups (broad SMARTS) is 2. The Morgan fingerprint density at radius 3 is 1.28 bits per heavy atom. The number of pyridine rings is 2. The van der Waals surface area contributed by atoms with Crippen LogP contribution in [0.15, 0.2) is 34.1 Å². The first kappa shape index (κ1) is 47.5. The minimum Gasteiger partial charge on any atom is -0.477 e. The molecule has 4 aliphatic rings. The highest BCUT2D eigenvalue weighted by atomic mass is 19.3. The van der Waals surface area contributed by atoms with Gasteiger partial charge in [0.15, 0.2) is 47.0 Å². The van der Waals surface area contributed by atoms with E-state index in [4.69, 9.17) is 31.1 Å². The van der Waals surface area contributed by atoms with Gasteiger partial charge < -0.3 is 59.1 Å². The van der Waals surface area contributed by atoms with E-state index in [1.165, 1.54) is 28.7 Å². The van der Waals surface area contributed by atoms with Crippen molar-refractivity contribution in [1.82, 2.24) is 40.2 Å². The summed E-state index contributed by atoms with van der Waals surface area (Å²) < 4.78 is 99.4. The lowest BCUT2D eigenvalue weighted by Crippen LogP contribution is -2.57. The fourth-order valence-electron chi connectivity index (χ4n) is 8.47. The van der Waals surface area contributed by atoms with Gasteiger partial charge in [-0.15, -0.1) is 0 Å². The van der Waals surface area contributed by atoms with E-state index in [0.717, 1.165) is 24.5 Å². The molecule has 2 saturated heterocycles. The molecule has 4 heterocycles. The molecule has 69 heavy (non-hydrogen) atoms. The average Bonchev–Trinajstić information content (AvgIpc) is 4.23. The highest BCUT2D eigenvalue weighted by Gasteiger charge is 2.36. The number of guanidine groups is 4. The molecule has 2 aliphatic heterocycles. The van der Waals surface area contributed by atoms with Crippen molar-refractivity contribution in [2.75, 3.05) is 68.8 Å². The molecule has 0 spiro atoms. The van der Waals surface area contributed by atoms with Crippen molar-refractivity contribution in [2.24, 2.45) is 0 Å². The molecule has 2 saturated carbocycles. The monoisotopic (exact) mass is 974 g/mol. The standard InChI is InChI=1S/C41H44F6N14O8/c42-24-13-20-26(60(18-1-2-18)15-22(30(20)62)34(64)65)32(68-36(44)45)28(24)56-5-9-58(10-6-56)40(50)54-38(48)52-17-53-39(49)55-41(51)59-11-7-57(8-12-59)29-25(43)14-21-27(33(29)69-37(46)47)61(19-3-4-19)16-23(31(21)63)35(66)67/h13-16,18-19,36-37H,1-12,17H2,(H,64,65)(H,66,67)(H4,48,50,52,54)(H4,49,51,53,55). The van der Waals surface area contributed by atoms with E-state index in [0.29, 0.717) is 25.7 Å². The molecule has 0 amide bonds. The SMILES string of the molecule is N=C(NCNC(=N)NC(=N)N1CCN(c2c(F)cc3c(=O)c(C(=O)O)cn(C4CC4)c3c2OC(F)F)CC1)NC(=N)N1CCN(c2c(F)cc3c(=O)c(C(=O)O)cn(C4CC4)c3c2OC(F)F)CC1. The molecular formula is C41H44F6N14O8. The smallest absolute Gasteiger partial charge is 0.387 e. The van der Waals surface area contributed by atoms with Crippen molar-refractivity contribution in [3.8, 4) is 11.5 Å². The molecule has 28 heteroatoms. The number of carbonyl (C=O) groups is 2. The Morgan fingerprint density at radius 1 is 0.623 bits per heavy atom. The summed E-state index contributed by atoms with van der Waals surface area (Å²) in [6.45, 7) is -6.99. The number of fused-ring (bicyclic) bond motifs is 2. The van der Waals surface area contributed by atoms with Gasteiger partial charge in [0.05, 0.1) is 28.5 Å². The van der Waals surface area contributed by atoms with Crippen LogP contribution in [0, 0.1) is 33.3 Å². The number of anilines is 2. The van der Waals surface area contributed by atoms with Gasteiger partial charge in [-0.25, -0.2) is 18.4 Å². The fraction of sp³-hybridized carbons (Fsp3) is 0.415. The Morgan fingerprint density at radius 2 is 0.971 bits per heavy atom. The van der Waals surface area contributed by atoms with Gasteiger partial charge in [0.25, 0.3) is 0 Å². The van der Waals surface area contributed by atoms with Crippen molar-refractivity contribution in [1.29, 1.82) is 21.6 Å².